The first-order chi connectivity index (χ1) is 8.20. The Morgan fingerprint density at radius 2 is 2.06 bits per heavy atom. The fraction of sp³-hybridized carbons (Fsp3) is 0.571. The lowest BCUT2D eigenvalue weighted by Gasteiger charge is -2.18. The van der Waals surface area contributed by atoms with Gasteiger partial charge < -0.3 is 5.32 Å². The number of hydrogen-bond donors (Lipinski definition) is 1. The van der Waals surface area contributed by atoms with Crippen LogP contribution in [0.4, 0.5) is 8.78 Å². The Balaban J connectivity index is 1.98. The van der Waals surface area contributed by atoms with Crippen molar-refractivity contribution in [2.24, 2.45) is 5.92 Å². The molecule has 1 aliphatic carbocycles. The van der Waals surface area contributed by atoms with Gasteiger partial charge in [0.15, 0.2) is 11.6 Å². The summed E-state index contributed by atoms with van der Waals surface area (Å²) in [5.74, 6) is -0.791. The molecule has 1 saturated carbocycles. The molecule has 0 aromatic heterocycles. The van der Waals surface area contributed by atoms with Crippen molar-refractivity contribution < 1.29 is 8.78 Å². The first kappa shape index (κ1) is 12.5. The van der Waals surface area contributed by atoms with Crippen molar-refractivity contribution in [3.8, 4) is 0 Å². The lowest BCUT2D eigenvalue weighted by Crippen LogP contribution is -2.33. The normalized spacial score (nSPS) is 17.1. The minimum absolute atomic E-state index is 0.416. The van der Waals surface area contributed by atoms with E-state index in [-0.39, 0.29) is 0 Å². The topological polar surface area (TPSA) is 12.0 Å². The van der Waals surface area contributed by atoms with Gasteiger partial charge in [-0.3, -0.25) is 0 Å². The summed E-state index contributed by atoms with van der Waals surface area (Å²) in [6, 6.07) is 4.63. The van der Waals surface area contributed by atoms with E-state index in [1.54, 1.807) is 6.07 Å². The van der Waals surface area contributed by atoms with Crippen LogP contribution in [-0.2, 0) is 6.42 Å². The van der Waals surface area contributed by atoms with Crippen LogP contribution in [0, 0.1) is 17.6 Å². The van der Waals surface area contributed by atoms with Gasteiger partial charge in [-0.1, -0.05) is 13.0 Å². The molecule has 0 radical (unpaired) electrons. The smallest absolute Gasteiger partial charge is 0.159 e. The van der Waals surface area contributed by atoms with E-state index in [2.05, 4.69) is 12.2 Å². The van der Waals surface area contributed by atoms with Crippen molar-refractivity contribution in [1.82, 2.24) is 5.32 Å². The van der Waals surface area contributed by atoms with E-state index in [0.29, 0.717) is 6.04 Å². The third kappa shape index (κ3) is 3.50. The Labute approximate surface area is 101 Å². The fourth-order valence-electron chi connectivity index (χ4n) is 2.15. The average Bonchev–Trinajstić information content (AvgIpc) is 3.13. The summed E-state index contributed by atoms with van der Waals surface area (Å²) >= 11 is 0. The molecule has 0 heterocycles. The first-order valence-corrected chi connectivity index (χ1v) is 6.38. The number of hydrogen-bond acceptors (Lipinski definition) is 1. The SMILES string of the molecule is CCCNC(Cc1ccc(F)c(F)c1)C1CC1. The largest absolute Gasteiger partial charge is 0.313 e. The Morgan fingerprint density at radius 3 is 2.65 bits per heavy atom. The molecule has 0 aliphatic heterocycles. The summed E-state index contributed by atoms with van der Waals surface area (Å²) in [7, 11) is 0. The number of nitrogens with one attached hydrogen (secondary N) is 1. The Hall–Kier alpha value is -0.960. The van der Waals surface area contributed by atoms with E-state index >= 15 is 0 Å². The van der Waals surface area contributed by atoms with Gasteiger partial charge in [0.1, 0.15) is 0 Å². The van der Waals surface area contributed by atoms with E-state index in [1.807, 2.05) is 0 Å². The van der Waals surface area contributed by atoms with Crippen molar-refractivity contribution in [2.45, 2.75) is 38.6 Å². The summed E-state index contributed by atoms with van der Waals surface area (Å²) in [6.45, 7) is 3.12. The van der Waals surface area contributed by atoms with Crippen LogP contribution in [0.5, 0.6) is 0 Å². The molecule has 1 nitrogen and oxygen atoms in total. The van der Waals surface area contributed by atoms with Gasteiger partial charge in [0.2, 0.25) is 0 Å². The van der Waals surface area contributed by atoms with E-state index in [4.69, 9.17) is 0 Å². The van der Waals surface area contributed by atoms with Crippen molar-refractivity contribution in [3.05, 3.63) is 35.4 Å². The maximum absolute atomic E-state index is 13.1. The Morgan fingerprint density at radius 1 is 1.29 bits per heavy atom. The van der Waals surface area contributed by atoms with Crippen molar-refractivity contribution >= 4 is 0 Å². The zero-order chi connectivity index (χ0) is 12.3. The van der Waals surface area contributed by atoms with Crippen LogP contribution in [0.2, 0.25) is 0 Å². The van der Waals surface area contributed by atoms with Crippen LogP contribution in [0.3, 0.4) is 0 Å². The molecule has 1 N–H and O–H groups in total. The molecular formula is C14H19F2N. The van der Waals surface area contributed by atoms with Crippen LogP contribution in [-0.4, -0.2) is 12.6 Å². The minimum atomic E-state index is -0.766. The van der Waals surface area contributed by atoms with Gasteiger partial charge in [0.05, 0.1) is 0 Å². The molecule has 2 rings (SSSR count). The van der Waals surface area contributed by atoms with Gasteiger partial charge in [0, 0.05) is 6.04 Å². The van der Waals surface area contributed by atoms with Crippen LogP contribution < -0.4 is 5.32 Å². The van der Waals surface area contributed by atoms with Crippen LogP contribution >= 0.6 is 0 Å². The van der Waals surface area contributed by atoms with Gasteiger partial charge in [-0.25, -0.2) is 8.78 Å². The van der Waals surface area contributed by atoms with E-state index in [9.17, 15) is 8.78 Å². The molecule has 3 heteroatoms. The molecule has 1 aromatic carbocycles. The fourth-order valence-corrected chi connectivity index (χ4v) is 2.15. The summed E-state index contributed by atoms with van der Waals surface area (Å²) in [5, 5.41) is 3.50. The number of rotatable bonds is 6. The molecule has 0 amide bonds. The molecule has 1 aliphatic rings. The Bertz CT molecular complexity index is 374. The van der Waals surface area contributed by atoms with E-state index in [0.717, 1.165) is 30.9 Å². The molecule has 0 bridgehead atoms. The zero-order valence-corrected chi connectivity index (χ0v) is 10.2. The molecule has 0 saturated heterocycles. The van der Waals surface area contributed by atoms with Crippen molar-refractivity contribution in [2.75, 3.05) is 6.54 Å². The van der Waals surface area contributed by atoms with Gasteiger partial charge in [-0.2, -0.15) is 0 Å². The van der Waals surface area contributed by atoms with Gasteiger partial charge in [-0.15, -0.1) is 0 Å². The Kier molecular flexibility index (Phi) is 4.11. The summed E-state index contributed by atoms with van der Waals surface area (Å²) < 4.78 is 25.9. The second-order valence-electron chi connectivity index (χ2n) is 4.85. The highest BCUT2D eigenvalue weighted by molar-refractivity contribution is 5.19. The van der Waals surface area contributed by atoms with Crippen molar-refractivity contribution in [3.63, 3.8) is 0 Å². The maximum atomic E-state index is 13.1. The third-order valence-corrected chi connectivity index (χ3v) is 3.29. The summed E-state index contributed by atoms with van der Waals surface area (Å²) in [6.07, 6.45) is 4.40. The first-order valence-electron chi connectivity index (χ1n) is 6.38. The highest BCUT2D eigenvalue weighted by atomic mass is 19.2. The van der Waals surface area contributed by atoms with Crippen LogP contribution in [0.15, 0.2) is 18.2 Å². The van der Waals surface area contributed by atoms with Crippen LogP contribution in [0.1, 0.15) is 31.7 Å². The highest BCUT2D eigenvalue weighted by Crippen LogP contribution is 2.34. The van der Waals surface area contributed by atoms with Crippen molar-refractivity contribution in [1.29, 1.82) is 0 Å². The van der Waals surface area contributed by atoms with E-state index < -0.39 is 11.6 Å². The standard InChI is InChI=1S/C14H19F2N/c1-2-7-17-14(11-4-5-11)9-10-3-6-12(15)13(16)8-10/h3,6,8,11,14,17H,2,4-5,7,9H2,1H3. The average molecular weight is 239 g/mol. The van der Waals surface area contributed by atoms with Gasteiger partial charge in [0.25, 0.3) is 0 Å². The highest BCUT2D eigenvalue weighted by Gasteiger charge is 2.30. The predicted molar refractivity (Wildman–Crippen MR) is 64.9 cm³/mol. The van der Waals surface area contributed by atoms with Gasteiger partial charge >= 0.3 is 0 Å². The molecule has 94 valence electrons. The summed E-state index contributed by atoms with van der Waals surface area (Å²) in [4.78, 5) is 0. The molecular weight excluding hydrogens is 220 g/mol. The monoisotopic (exact) mass is 239 g/mol. The molecule has 1 unspecified atom stereocenters. The number of benzene rings is 1. The maximum Gasteiger partial charge on any atom is 0.159 e. The molecule has 0 spiro atoms. The molecule has 1 fully saturated rings. The molecule has 17 heavy (non-hydrogen) atoms. The second-order valence-corrected chi connectivity index (χ2v) is 4.85. The van der Waals surface area contributed by atoms with Crippen LogP contribution in [0.25, 0.3) is 0 Å². The second kappa shape index (κ2) is 5.58. The minimum Gasteiger partial charge on any atom is -0.313 e. The lowest BCUT2D eigenvalue weighted by atomic mass is 10.0. The predicted octanol–water partition coefficient (Wildman–Crippen LogP) is 3.29. The quantitative estimate of drug-likeness (QED) is 0.803. The summed E-state index contributed by atoms with van der Waals surface area (Å²) in [5.41, 5.74) is 0.879. The van der Waals surface area contributed by atoms with Gasteiger partial charge in [-0.05, 0) is 55.8 Å². The molecule has 1 atom stereocenters. The molecule has 1 aromatic rings. The number of halogens is 2. The third-order valence-electron chi connectivity index (χ3n) is 3.29. The van der Waals surface area contributed by atoms with E-state index in [1.165, 1.54) is 25.0 Å². The zero-order valence-electron chi connectivity index (χ0n) is 10.2. The lowest BCUT2D eigenvalue weighted by molar-refractivity contribution is 0.456.